The summed E-state index contributed by atoms with van der Waals surface area (Å²) in [6.45, 7) is 8.84. The maximum Gasteiger partial charge on any atom is 0.254 e. The molecule has 13 heteroatoms. The van der Waals surface area contributed by atoms with E-state index >= 15 is 0 Å². The normalized spacial score (nSPS) is 16.6. The minimum atomic E-state index is -0.776. The molecule has 246 valence electrons. The van der Waals surface area contributed by atoms with Gasteiger partial charge in [-0.1, -0.05) is 0 Å². The van der Waals surface area contributed by atoms with Crippen molar-refractivity contribution in [2.24, 2.45) is 0 Å². The summed E-state index contributed by atoms with van der Waals surface area (Å²) in [6.07, 6.45) is 6.09. The molecule has 11 nitrogen and oxygen atoms in total. The van der Waals surface area contributed by atoms with Gasteiger partial charge in [0.1, 0.15) is 29.3 Å². The third-order valence-electron chi connectivity index (χ3n) is 8.81. The number of piperazine rings is 1. The van der Waals surface area contributed by atoms with Crippen molar-refractivity contribution in [2.75, 3.05) is 70.5 Å². The third kappa shape index (κ3) is 7.35. The molecule has 47 heavy (non-hydrogen) atoms. The Bertz CT molecular complexity index is 1740. The van der Waals surface area contributed by atoms with Gasteiger partial charge in [0.25, 0.3) is 5.91 Å². The Hall–Kier alpha value is -4.64. The number of anilines is 1. The maximum atomic E-state index is 14.5. The van der Waals surface area contributed by atoms with Crippen molar-refractivity contribution in [1.29, 1.82) is 5.26 Å². The molecule has 2 saturated heterocycles. The van der Waals surface area contributed by atoms with E-state index in [9.17, 15) is 18.8 Å². The summed E-state index contributed by atoms with van der Waals surface area (Å²) in [4.78, 5) is 22.4. The van der Waals surface area contributed by atoms with E-state index in [-0.39, 0.29) is 12.2 Å². The molecule has 3 aromatic heterocycles. The minimum absolute atomic E-state index is 0.251. The van der Waals surface area contributed by atoms with Gasteiger partial charge in [-0.3, -0.25) is 9.69 Å². The van der Waals surface area contributed by atoms with Crippen molar-refractivity contribution in [1.82, 2.24) is 30.1 Å². The summed E-state index contributed by atoms with van der Waals surface area (Å²) in [6, 6.07) is 10.9. The van der Waals surface area contributed by atoms with Crippen LogP contribution < -0.4 is 20.3 Å². The topological polar surface area (TPSA) is 120 Å². The van der Waals surface area contributed by atoms with Crippen molar-refractivity contribution in [3.63, 3.8) is 0 Å². The number of nitriles is 1. The molecule has 0 unspecified atom stereocenters. The number of rotatable bonds is 11. The van der Waals surface area contributed by atoms with Crippen LogP contribution >= 0.6 is 0 Å². The predicted molar refractivity (Wildman–Crippen MR) is 172 cm³/mol. The largest absolute Gasteiger partial charge is 0.492 e. The number of halogens is 2. The first-order chi connectivity index (χ1) is 22.9. The fourth-order valence-electron chi connectivity index (χ4n) is 6.22. The van der Waals surface area contributed by atoms with E-state index < -0.39 is 23.1 Å². The van der Waals surface area contributed by atoms with E-state index in [1.807, 2.05) is 25.1 Å². The molecule has 0 spiro atoms. The average Bonchev–Trinajstić information content (AvgIpc) is 3.52. The fourth-order valence-corrected chi connectivity index (χ4v) is 6.22. The number of carbonyl (C=O) groups is 1. The van der Waals surface area contributed by atoms with Gasteiger partial charge in [0, 0.05) is 63.1 Å². The van der Waals surface area contributed by atoms with Crippen molar-refractivity contribution in [2.45, 2.75) is 25.3 Å². The highest BCUT2D eigenvalue weighted by atomic mass is 19.1. The molecule has 0 saturated carbocycles. The number of aromatic nitrogens is 3. The predicted octanol–water partition coefficient (Wildman–Crippen LogP) is 3.64. The molecule has 2 N–H and O–H groups in total. The van der Waals surface area contributed by atoms with E-state index in [1.165, 1.54) is 6.20 Å². The summed E-state index contributed by atoms with van der Waals surface area (Å²) < 4.78 is 41.9. The monoisotopic (exact) mass is 644 g/mol. The Balaban J connectivity index is 1.17. The standard InChI is InChI=1S/C34H38F2N8O3/c1-2-47-27-18-28(32-25(19-37)21-40-44(32)22-27)24-3-6-31(39-20-24)43-11-7-34(8-12-43,23-46-16-15-42-13-9-38-10-14-42)41-33(45)29-17-26(35)4-5-30(29)36/h3-6,17-18,20-22,38H,2,7-16,23H2,1H3,(H,41,45). The van der Waals surface area contributed by atoms with Crippen LogP contribution in [0.4, 0.5) is 14.6 Å². The summed E-state index contributed by atoms with van der Waals surface area (Å²) in [7, 11) is 0. The summed E-state index contributed by atoms with van der Waals surface area (Å²) >= 11 is 0. The van der Waals surface area contributed by atoms with Crippen LogP contribution in [0.25, 0.3) is 16.6 Å². The van der Waals surface area contributed by atoms with Crippen molar-refractivity contribution >= 4 is 17.2 Å². The lowest BCUT2D eigenvalue weighted by Gasteiger charge is -2.42. The highest BCUT2D eigenvalue weighted by Crippen LogP contribution is 2.32. The molecule has 2 fully saturated rings. The summed E-state index contributed by atoms with van der Waals surface area (Å²) in [5, 5.41) is 20.3. The molecule has 5 heterocycles. The number of nitrogens with zero attached hydrogens (tertiary/aromatic N) is 6. The third-order valence-corrected chi connectivity index (χ3v) is 8.81. The molecule has 2 aliphatic rings. The zero-order chi connectivity index (χ0) is 32.8. The number of pyridine rings is 2. The Labute approximate surface area is 272 Å². The van der Waals surface area contributed by atoms with Gasteiger partial charge in [-0.05, 0) is 56.2 Å². The van der Waals surface area contributed by atoms with Gasteiger partial charge in [-0.25, -0.2) is 18.3 Å². The molecular formula is C34H38F2N8O3. The Morgan fingerprint density at radius 1 is 1.11 bits per heavy atom. The van der Waals surface area contributed by atoms with Gasteiger partial charge in [-0.2, -0.15) is 10.4 Å². The molecule has 1 aromatic carbocycles. The smallest absolute Gasteiger partial charge is 0.254 e. The van der Waals surface area contributed by atoms with Crippen LogP contribution in [-0.2, 0) is 4.74 Å². The first-order valence-corrected chi connectivity index (χ1v) is 15.9. The van der Waals surface area contributed by atoms with Gasteiger partial charge in [-0.15, -0.1) is 0 Å². The van der Waals surface area contributed by atoms with Gasteiger partial charge in [0.05, 0.1) is 54.4 Å². The van der Waals surface area contributed by atoms with Crippen LogP contribution in [0, 0.1) is 23.0 Å². The second-order valence-electron chi connectivity index (χ2n) is 11.9. The van der Waals surface area contributed by atoms with Crippen LogP contribution in [0.5, 0.6) is 5.75 Å². The first kappa shape index (κ1) is 32.3. The molecule has 4 aromatic rings. The molecule has 1 amide bonds. The zero-order valence-corrected chi connectivity index (χ0v) is 26.3. The van der Waals surface area contributed by atoms with E-state index in [1.54, 1.807) is 16.9 Å². The number of hydrogen-bond acceptors (Lipinski definition) is 9. The molecule has 0 radical (unpaired) electrons. The van der Waals surface area contributed by atoms with Crippen molar-refractivity contribution < 1.29 is 23.0 Å². The maximum absolute atomic E-state index is 14.5. The van der Waals surface area contributed by atoms with Crippen LogP contribution in [0.1, 0.15) is 35.7 Å². The van der Waals surface area contributed by atoms with E-state index in [0.29, 0.717) is 56.0 Å². The number of piperidine rings is 1. The summed E-state index contributed by atoms with van der Waals surface area (Å²) in [5.74, 6) is -0.724. The lowest BCUT2D eigenvalue weighted by molar-refractivity contribution is 0.0374. The number of carbonyl (C=O) groups excluding carboxylic acids is 1. The number of hydrogen-bond donors (Lipinski definition) is 2. The molecule has 0 aliphatic carbocycles. The lowest BCUT2D eigenvalue weighted by Crippen LogP contribution is -2.58. The molecule has 0 atom stereocenters. The minimum Gasteiger partial charge on any atom is -0.492 e. The number of amides is 1. The van der Waals surface area contributed by atoms with Crippen LogP contribution in [0.3, 0.4) is 0 Å². The second kappa shape index (κ2) is 14.4. The number of ether oxygens (including phenoxy) is 2. The Morgan fingerprint density at radius 3 is 2.64 bits per heavy atom. The first-order valence-electron chi connectivity index (χ1n) is 15.9. The van der Waals surface area contributed by atoms with Crippen molar-refractivity contribution in [3.05, 3.63) is 77.8 Å². The average molecular weight is 645 g/mol. The Kier molecular flexibility index (Phi) is 9.91. The van der Waals surface area contributed by atoms with Crippen molar-refractivity contribution in [3.8, 4) is 22.9 Å². The molecule has 2 aliphatic heterocycles. The molecule has 6 rings (SSSR count). The van der Waals surface area contributed by atoms with E-state index in [2.05, 4.69) is 31.6 Å². The number of benzene rings is 1. The highest BCUT2D eigenvalue weighted by Gasteiger charge is 2.37. The van der Waals surface area contributed by atoms with Crippen LogP contribution in [0.2, 0.25) is 0 Å². The van der Waals surface area contributed by atoms with Crippen LogP contribution in [0.15, 0.2) is 55.0 Å². The highest BCUT2D eigenvalue weighted by molar-refractivity contribution is 5.95. The van der Waals surface area contributed by atoms with E-state index in [0.717, 1.165) is 67.9 Å². The molecule has 0 bridgehead atoms. The zero-order valence-electron chi connectivity index (χ0n) is 26.3. The summed E-state index contributed by atoms with van der Waals surface area (Å²) in [5.41, 5.74) is 1.63. The number of fused-ring (bicyclic) bond motifs is 1. The Morgan fingerprint density at radius 2 is 1.91 bits per heavy atom. The van der Waals surface area contributed by atoms with Gasteiger partial charge in [0.2, 0.25) is 0 Å². The van der Waals surface area contributed by atoms with Gasteiger partial charge < -0.3 is 25.0 Å². The SMILES string of the molecule is CCOc1cc(-c2ccc(N3CCC(COCCN4CCNCC4)(NC(=O)c4cc(F)ccc4F)CC3)nc2)c2c(C#N)cnn2c1. The quantitative estimate of drug-likeness (QED) is 0.236. The number of nitrogens with one attached hydrogen (secondary N) is 2. The van der Waals surface area contributed by atoms with E-state index in [4.69, 9.17) is 14.5 Å². The van der Waals surface area contributed by atoms with Gasteiger partial charge in [0.15, 0.2) is 0 Å². The second-order valence-corrected chi connectivity index (χ2v) is 11.9. The van der Waals surface area contributed by atoms with Gasteiger partial charge >= 0.3 is 0 Å². The lowest BCUT2D eigenvalue weighted by atomic mass is 9.87. The fraction of sp³-hybridized carbons (Fsp3) is 0.412. The molecular weight excluding hydrogens is 606 g/mol. The van der Waals surface area contributed by atoms with Crippen LogP contribution in [-0.4, -0.2) is 96.6 Å².